The van der Waals surface area contributed by atoms with Crippen molar-refractivity contribution in [1.82, 2.24) is 10.6 Å². The van der Waals surface area contributed by atoms with Gasteiger partial charge in [-0.2, -0.15) is 0 Å². The third kappa shape index (κ3) is 4.38. The molecule has 0 radical (unpaired) electrons. The quantitative estimate of drug-likeness (QED) is 0.857. The van der Waals surface area contributed by atoms with Gasteiger partial charge in [0.25, 0.3) is 0 Å². The molecule has 0 atom stereocenters. The Morgan fingerprint density at radius 3 is 2.57 bits per heavy atom. The average molecular weight is 286 g/mol. The van der Waals surface area contributed by atoms with Crippen LogP contribution >= 0.6 is 0 Å². The Morgan fingerprint density at radius 2 is 1.81 bits per heavy atom. The van der Waals surface area contributed by atoms with Crippen molar-refractivity contribution >= 4 is 16.8 Å². The standard InChI is InChI=1S/C17H22N2O2/c1-3-9-18-17(20)19-10-8-13-4-5-14-6-7-16(21-2)12-15(14)11-13/h4-7,11-12H,3,8-10H2,1-2H3,(H2,18,19,20). The van der Waals surface area contributed by atoms with E-state index in [0.29, 0.717) is 13.1 Å². The van der Waals surface area contributed by atoms with Gasteiger partial charge in [0.05, 0.1) is 7.11 Å². The molecule has 2 N–H and O–H groups in total. The van der Waals surface area contributed by atoms with Crippen molar-refractivity contribution < 1.29 is 9.53 Å². The van der Waals surface area contributed by atoms with E-state index >= 15 is 0 Å². The monoisotopic (exact) mass is 286 g/mol. The lowest BCUT2D eigenvalue weighted by Crippen LogP contribution is -2.36. The summed E-state index contributed by atoms with van der Waals surface area (Å²) < 4.78 is 5.25. The van der Waals surface area contributed by atoms with Crippen molar-refractivity contribution in [3.63, 3.8) is 0 Å². The number of methoxy groups -OCH3 is 1. The molecule has 2 amide bonds. The molecule has 112 valence electrons. The molecule has 0 aliphatic heterocycles. The second-order valence-electron chi connectivity index (χ2n) is 4.98. The number of hydrogen-bond acceptors (Lipinski definition) is 2. The summed E-state index contributed by atoms with van der Waals surface area (Å²) in [7, 11) is 1.67. The summed E-state index contributed by atoms with van der Waals surface area (Å²) in [6.07, 6.45) is 1.76. The SMILES string of the molecule is CCCNC(=O)NCCc1ccc2ccc(OC)cc2c1. The summed E-state index contributed by atoms with van der Waals surface area (Å²) in [6, 6.07) is 12.3. The number of rotatable bonds is 6. The number of nitrogens with one attached hydrogen (secondary N) is 2. The Labute approximate surface area is 125 Å². The van der Waals surface area contributed by atoms with Crippen LogP contribution < -0.4 is 15.4 Å². The van der Waals surface area contributed by atoms with Gasteiger partial charge in [-0.25, -0.2) is 4.79 Å². The summed E-state index contributed by atoms with van der Waals surface area (Å²) in [5.74, 6) is 0.858. The zero-order valence-electron chi connectivity index (χ0n) is 12.6. The lowest BCUT2D eigenvalue weighted by Gasteiger charge is -2.08. The maximum Gasteiger partial charge on any atom is 0.314 e. The number of urea groups is 1. The molecule has 21 heavy (non-hydrogen) atoms. The Bertz CT molecular complexity index is 611. The predicted octanol–water partition coefficient (Wildman–Crippen LogP) is 3.10. The molecule has 0 saturated carbocycles. The van der Waals surface area contributed by atoms with Gasteiger partial charge in [-0.3, -0.25) is 0 Å². The van der Waals surface area contributed by atoms with Crippen molar-refractivity contribution in [3.8, 4) is 5.75 Å². The van der Waals surface area contributed by atoms with Crippen LogP contribution in [0, 0.1) is 0 Å². The fourth-order valence-corrected chi connectivity index (χ4v) is 2.18. The largest absolute Gasteiger partial charge is 0.497 e. The topological polar surface area (TPSA) is 50.4 Å². The number of hydrogen-bond donors (Lipinski definition) is 2. The summed E-state index contributed by atoms with van der Waals surface area (Å²) in [4.78, 5) is 11.4. The number of carbonyl (C=O) groups is 1. The van der Waals surface area contributed by atoms with Gasteiger partial charge in [0, 0.05) is 13.1 Å². The van der Waals surface area contributed by atoms with Gasteiger partial charge in [-0.1, -0.05) is 31.2 Å². The molecule has 0 saturated heterocycles. The highest BCUT2D eigenvalue weighted by Crippen LogP contribution is 2.21. The Hall–Kier alpha value is -2.23. The predicted molar refractivity (Wildman–Crippen MR) is 85.9 cm³/mol. The summed E-state index contributed by atoms with van der Waals surface area (Å²) >= 11 is 0. The lowest BCUT2D eigenvalue weighted by molar-refractivity contribution is 0.241. The molecule has 0 aromatic heterocycles. The van der Waals surface area contributed by atoms with Crippen LogP contribution in [0.25, 0.3) is 10.8 Å². The van der Waals surface area contributed by atoms with Crippen LogP contribution in [-0.2, 0) is 6.42 Å². The van der Waals surface area contributed by atoms with Gasteiger partial charge in [0.1, 0.15) is 5.75 Å². The number of benzene rings is 2. The van der Waals surface area contributed by atoms with Gasteiger partial charge in [0.2, 0.25) is 0 Å². The van der Waals surface area contributed by atoms with E-state index in [2.05, 4.69) is 28.8 Å². The maximum absolute atomic E-state index is 11.4. The maximum atomic E-state index is 11.4. The zero-order valence-corrected chi connectivity index (χ0v) is 12.6. The summed E-state index contributed by atoms with van der Waals surface area (Å²) in [6.45, 7) is 3.37. The van der Waals surface area contributed by atoms with Crippen LogP contribution in [-0.4, -0.2) is 26.2 Å². The second kappa shape index (κ2) is 7.53. The second-order valence-corrected chi connectivity index (χ2v) is 4.98. The molecule has 4 nitrogen and oxygen atoms in total. The molecule has 2 aromatic rings. The van der Waals surface area contributed by atoms with Crippen molar-refractivity contribution in [1.29, 1.82) is 0 Å². The minimum atomic E-state index is -0.0979. The van der Waals surface area contributed by atoms with E-state index in [4.69, 9.17) is 4.74 Å². The lowest BCUT2D eigenvalue weighted by atomic mass is 10.0. The summed E-state index contributed by atoms with van der Waals surface area (Å²) in [5, 5.41) is 8.00. The molecule has 0 fully saturated rings. The molecule has 0 aliphatic rings. The highest BCUT2D eigenvalue weighted by atomic mass is 16.5. The zero-order chi connectivity index (χ0) is 15.1. The van der Waals surface area contributed by atoms with E-state index in [1.165, 1.54) is 10.9 Å². The first-order valence-corrected chi connectivity index (χ1v) is 7.31. The van der Waals surface area contributed by atoms with Gasteiger partial charge in [-0.15, -0.1) is 0 Å². The van der Waals surface area contributed by atoms with Crippen LogP contribution in [0.1, 0.15) is 18.9 Å². The molecule has 4 heteroatoms. The molecular formula is C17H22N2O2. The Balaban J connectivity index is 1.94. The molecule has 0 heterocycles. The minimum Gasteiger partial charge on any atom is -0.497 e. The van der Waals surface area contributed by atoms with E-state index in [1.54, 1.807) is 7.11 Å². The normalized spacial score (nSPS) is 10.4. The number of amides is 2. The smallest absolute Gasteiger partial charge is 0.314 e. The van der Waals surface area contributed by atoms with Crippen LogP contribution in [0.4, 0.5) is 4.79 Å². The van der Waals surface area contributed by atoms with E-state index in [0.717, 1.165) is 24.0 Å². The molecule has 0 unspecified atom stereocenters. The minimum absolute atomic E-state index is 0.0979. The highest BCUT2D eigenvalue weighted by molar-refractivity contribution is 5.84. The van der Waals surface area contributed by atoms with Crippen molar-refractivity contribution in [2.24, 2.45) is 0 Å². The van der Waals surface area contributed by atoms with E-state index < -0.39 is 0 Å². The Morgan fingerprint density at radius 1 is 1.05 bits per heavy atom. The first-order valence-electron chi connectivity index (χ1n) is 7.31. The van der Waals surface area contributed by atoms with Crippen molar-refractivity contribution in [2.45, 2.75) is 19.8 Å². The Kier molecular flexibility index (Phi) is 5.43. The van der Waals surface area contributed by atoms with E-state index in [1.807, 2.05) is 25.1 Å². The fourth-order valence-electron chi connectivity index (χ4n) is 2.18. The third-order valence-electron chi connectivity index (χ3n) is 3.35. The first kappa shape index (κ1) is 15.2. The molecule has 2 rings (SSSR count). The van der Waals surface area contributed by atoms with Crippen LogP contribution in [0.5, 0.6) is 5.75 Å². The highest BCUT2D eigenvalue weighted by Gasteiger charge is 2.01. The van der Waals surface area contributed by atoms with Crippen molar-refractivity contribution in [2.75, 3.05) is 20.2 Å². The molecule has 0 bridgehead atoms. The van der Waals surface area contributed by atoms with Gasteiger partial charge < -0.3 is 15.4 Å². The van der Waals surface area contributed by atoms with Gasteiger partial charge >= 0.3 is 6.03 Å². The van der Waals surface area contributed by atoms with E-state index in [-0.39, 0.29) is 6.03 Å². The van der Waals surface area contributed by atoms with Crippen LogP contribution in [0.2, 0.25) is 0 Å². The van der Waals surface area contributed by atoms with Crippen LogP contribution in [0.15, 0.2) is 36.4 Å². The van der Waals surface area contributed by atoms with Crippen molar-refractivity contribution in [3.05, 3.63) is 42.0 Å². The summed E-state index contributed by atoms with van der Waals surface area (Å²) in [5.41, 5.74) is 1.20. The average Bonchev–Trinajstić information content (AvgIpc) is 2.52. The molecule has 0 spiro atoms. The van der Waals surface area contributed by atoms with Gasteiger partial charge in [0.15, 0.2) is 0 Å². The number of fused-ring (bicyclic) bond motifs is 1. The molecular weight excluding hydrogens is 264 g/mol. The number of ether oxygens (including phenoxy) is 1. The van der Waals surface area contributed by atoms with Gasteiger partial charge in [-0.05, 0) is 41.3 Å². The van der Waals surface area contributed by atoms with Crippen LogP contribution in [0.3, 0.4) is 0 Å². The fraction of sp³-hybridized carbons (Fsp3) is 0.353. The molecule has 0 aliphatic carbocycles. The van der Waals surface area contributed by atoms with E-state index in [9.17, 15) is 4.79 Å². The first-order chi connectivity index (χ1) is 10.2. The number of carbonyl (C=O) groups excluding carboxylic acids is 1. The molecule has 2 aromatic carbocycles. The third-order valence-corrected chi connectivity index (χ3v) is 3.35.